The van der Waals surface area contributed by atoms with Crippen LogP contribution in [0.4, 0.5) is 18.0 Å². The van der Waals surface area contributed by atoms with Gasteiger partial charge in [-0.1, -0.05) is 42.5 Å². The van der Waals surface area contributed by atoms with E-state index in [0.29, 0.717) is 26.3 Å². The molecule has 2 aromatic rings. The summed E-state index contributed by atoms with van der Waals surface area (Å²) in [5.74, 6) is -0.479. The van der Waals surface area contributed by atoms with E-state index in [1.165, 1.54) is 17.1 Å². The smallest absolute Gasteiger partial charge is 0.431 e. The predicted octanol–water partition coefficient (Wildman–Crippen LogP) is 4.93. The molecule has 0 bridgehead atoms. The first kappa shape index (κ1) is 24.5. The number of benzene rings is 2. The molecule has 182 valence electrons. The standard InChI is InChI=1S/C24H25ClF3N3O3/c1-2-34-23(32)31-22(30-11-13-33-14-12-30)19(16-7-4-3-5-8-16)20(25)21(29-31)17-9-6-10-18(15-17)24(26,27)28/h3-10,15,19-20,22H,2,11-14H2,1H3/t19-,20-,22-/m1/s1. The minimum atomic E-state index is -4.52. The summed E-state index contributed by atoms with van der Waals surface area (Å²) in [5, 5.41) is 4.92. The summed E-state index contributed by atoms with van der Waals surface area (Å²) in [6, 6.07) is 14.2. The molecule has 34 heavy (non-hydrogen) atoms. The summed E-state index contributed by atoms with van der Waals surface area (Å²) in [6.07, 6.45) is -5.81. The zero-order valence-corrected chi connectivity index (χ0v) is 19.3. The molecule has 3 atom stereocenters. The summed E-state index contributed by atoms with van der Waals surface area (Å²) >= 11 is 7.00. The Bertz CT molecular complexity index is 1030. The molecule has 0 spiro atoms. The van der Waals surface area contributed by atoms with Crippen LogP contribution >= 0.6 is 11.6 Å². The van der Waals surface area contributed by atoms with Gasteiger partial charge in [-0.05, 0) is 30.2 Å². The Morgan fingerprint density at radius 1 is 1.15 bits per heavy atom. The van der Waals surface area contributed by atoms with E-state index < -0.39 is 35.3 Å². The van der Waals surface area contributed by atoms with Crippen molar-refractivity contribution >= 4 is 23.4 Å². The lowest BCUT2D eigenvalue weighted by molar-refractivity contribution is -0.137. The van der Waals surface area contributed by atoms with Gasteiger partial charge in [-0.2, -0.15) is 23.3 Å². The molecule has 1 fully saturated rings. The Balaban J connectivity index is 1.86. The van der Waals surface area contributed by atoms with E-state index in [9.17, 15) is 18.0 Å². The normalized spacial score (nSPS) is 24.0. The van der Waals surface area contributed by atoms with Crippen molar-refractivity contribution < 1.29 is 27.4 Å². The third-order valence-electron chi connectivity index (χ3n) is 5.91. The van der Waals surface area contributed by atoms with E-state index >= 15 is 0 Å². The van der Waals surface area contributed by atoms with Crippen molar-refractivity contribution in [1.29, 1.82) is 0 Å². The van der Waals surface area contributed by atoms with Gasteiger partial charge >= 0.3 is 12.3 Å². The highest BCUT2D eigenvalue weighted by atomic mass is 35.5. The Hall–Kier alpha value is -2.62. The van der Waals surface area contributed by atoms with E-state index in [4.69, 9.17) is 21.1 Å². The molecule has 0 radical (unpaired) electrons. The number of nitrogens with zero attached hydrogens (tertiary/aromatic N) is 3. The maximum Gasteiger partial charge on any atom is 0.431 e. The first-order valence-electron chi connectivity index (χ1n) is 11.0. The zero-order valence-electron chi connectivity index (χ0n) is 18.5. The molecule has 0 aliphatic carbocycles. The monoisotopic (exact) mass is 495 g/mol. The van der Waals surface area contributed by atoms with Crippen molar-refractivity contribution in [3.05, 3.63) is 71.3 Å². The van der Waals surface area contributed by atoms with E-state index in [-0.39, 0.29) is 17.9 Å². The molecule has 0 saturated carbocycles. The van der Waals surface area contributed by atoms with Crippen molar-refractivity contribution in [2.24, 2.45) is 5.10 Å². The Labute approximate surface area is 200 Å². The molecule has 6 nitrogen and oxygen atoms in total. The fourth-order valence-electron chi connectivity index (χ4n) is 4.35. The second kappa shape index (κ2) is 10.3. The fourth-order valence-corrected chi connectivity index (χ4v) is 4.80. The van der Waals surface area contributed by atoms with Crippen molar-refractivity contribution in [3.63, 3.8) is 0 Å². The maximum atomic E-state index is 13.4. The molecule has 0 aromatic heterocycles. The Morgan fingerprint density at radius 3 is 2.50 bits per heavy atom. The highest BCUT2D eigenvalue weighted by molar-refractivity contribution is 6.36. The van der Waals surface area contributed by atoms with E-state index in [2.05, 4.69) is 10.0 Å². The molecule has 0 N–H and O–H groups in total. The molecular weight excluding hydrogens is 471 g/mol. The second-order valence-electron chi connectivity index (χ2n) is 8.01. The third kappa shape index (κ3) is 5.06. The summed E-state index contributed by atoms with van der Waals surface area (Å²) in [5.41, 5.74) is 0.406. The zero-order chi connectivity index (χ0) is 24.3. The van der Waals surface area contributed by atoms with Crippen LogP contribution in [0.3, 0.4) is 0 Å². The van der Waals surface area contributed by atoms with Gasteiger partial charge in [0.05, 0.1) is 36.5 Å². The SMILES string of the molecule is CCOC(=O)N1N=C(c2cccc(C(F)(F)F)c2)[C@H](Cl)[C@@H](c2ccccc2)[C@@H]1N1CCOCC1. The van der Waals surface area contributed by atoms with Gasteiger partial charge in [-0.25, -0.2) is 4.79 Å². The molecular formula is C24H25ClF3N3O3. The first-order valence-corrected chi connectivity index (χ1v) is 11.5. The molecule has 2 aromatic carbocycles. The van der Waals surface area contributed by atoms with Crippen LogP contribution < -0.4 is 0 Å². The lowest BCUT2D eigenvalue weighted by atomic mass is 9.85. The van der Waals surface area contributed by atoms with Crippen molar-refractivity contribution in [1.82, 2.24) is 9.91 Å². The Morgan fingerprint density at radius 2 is 1.85 bits per heavy atom. The average molecular weight is 496 g/mol. The largest absolute Gasteiger partial charge is 0.448 e. The van der Waals surface area contributed by atoms with Crippen molar-refractivity contribution in [2.45, 2.75) is 30.6 Å². The van der Waals surface area contributed by atoms with Gasteiger partial charge in [0, 0.05) is 19.0 Å². The number of alkyl halides is 4. The third-order valence-corrected chi connectivity index (χ3v) is 6.39. The first-order chi connectivity index (χ1) is 16.3. The number of hydrogen-bond acceptors (Lipinski definition) is 5. The number of ether oxygens (including phenoxy) is 2. The van der Waals surface area contributed by atoms with Crippen LogP contribution in [-0.4, -0.2) is 66.2 Å². The lowest BCUT2D eigenvalue weighted by Gasteiger charge is -2.46. The van der Waals surface area contributed by atoms with Gasteiger partial charge in [0.2, 0.25) is 0 Å². The topological polar surface area (TPSA) is 54.4 Å². The molecule has 4 rings (SSSR count). The fraction of sp³-hybridized carbons (Fsp3) is 0.417. The van der Waals surface area contributed by atoms with Crippen LogP contribution in [0, 0.1) is 0 Å². The van der Waals surface area contributed by atoms with Gasteiger partial charge < -0.3 is 9.47 Å². The number of halogens is 4. The maximum absolute atomic E-state index is 13.4. The molecule has 2 heterocycles. The summed E-state index contributed by atoms with van der Waals surface area (Å²) in [4.78, 5) is 15.1. The summed E-state index contributed by atoms with van der Waals surface area (Å²) in [6.45, 7) is 3.85. The van der Waals surface area contributed by atoms with Crippen molar-refractivity contribution in [2.75, 3.05) is 32.9 Å². The number of hydrogen-bond donors (Lipinski definition) is 0. The molecule has 10 heteroatoms. The number of hydrazone groups is 1. The second-order valence-corrected chi connectivity index (χ2v) is 8.48. The molecule has 0 unspecified atom stereocenters. The number of amides is 1. The highest BCUT2D eigenvalue weighted by Gasteiger charge is 2.47. The highest BCUT2D eigenvalue weighted by Crippen LogP contribution is 2.39. The lowest BCUT2D eigenvalue weighted by Crippen LogP contribution is -2.60. The van der Waals surface area contributed by atoms with Gasteiger partial charge in [0.15, 0.2) is 0 Å². The summed E-state index contributed by atoms with van der Waals surface area (Å²) in [7, 11) is 0. The molecule has 1 saturated heterocycles. The van der Waals surface area contributed by atoms with E-state index in [1.807, 2.05) is 30.3 Å². The Kier molecular flexibility index (Phi) is 7.45. The van der Waals surface area contributed by atoms with Gasteiger partial charge in [-0.3, -0.25) is 4.90 Å². The van der Waals surface area contributed by atoms with Crippen LogP contribution in [0.25, 0.3) is 0 Å². The molecule has 1 amide bonds. The van der Waals surface area contributed by atoms with E-state index in [0.717, 1.165) is 17.7 Å². The van der Waals surface area contributed by atoms with Crippen LogP contribution in [0.5, 0.6) is 0 Å². The van der Waals surface area contributed by atoms with E-state index in [1.54, 1.807) is 6.92 Å². The minimum absolute atomic E-state index is 0.125. The quantitative estimate of drug-likeness (QED) is 0.564. The van der Waals surface area contributed by atoms with Crippen LogP contribution in [0.1, 0.15) is 29.5 Å². The number of carbonyl (C=O) groups is 1. The predicted molar refractivity (Wildman–Crippen MR) is 122 cm³/mol. The number of morpholine rings is 1. The number of carbonyl (C=O) groups excluding carboxylic acids is 1. The molecule has 2 aliphatic heterocycles. The minimum Gasteiger partial charge on any atom is -0.448 e. The molecule has 2 aliphatic rings. The van der Waals surface area contributed by atoms with Crippen LogP contribution in [0.15, 0.2) is 59.7 Å². The van der Waals surface area contributed by atoms with Crippen LogP contribution in [0.2, 0.25) is 0 Å². The number of rotatable bonds is 4. The van der Waals surface area contributed by atoms with Gasteiger partial charge in [0.1, 0.15) is 6.17 Å². The van der Waals surface area contributed by atoms with Crippen molar-refractivity contribution in [3.8, 4) is 0 Å². The average Bonchev–Trinajstić information content (AvgIpc) is 2.84. The van der Waals surface area contributed by atoms with Gasteiger partial charge in [-0.15, -0.1) is 11.6 Å². The van der Waals surface area contributed by atoms with Gasteiger partial charge in [0.25, 0.3) is 0 Å². The van der Waals surface area contributed by atoms with Crippen LogP contribution in [-0.2, 0) is 15.7 Å². The summed E-state index contributed by atoms with van der Waals surface area (Å²) < 4.78 is 51.0.